The molecule has 5 nitrogen and oxygen atoms in total. The van der Waals surface area contributed by atoms with Gasteiger partial charge in [0.1, 0.15) is 0 Å². The molecule has 110 valence electrons. The number of methoxy groups -OCH3 is 1. The van der Waals surface area contributed by atoms with Gasteiger partial charge in [-0.25, -0.2) is 0 Å². The molecule has 0 unspecified atom stereocenters. The third-order valence-electron chi connectivity index (χ3n) is 2.92. The summed E-state index contributed by atoms with van der Waals surface area (Å²) in [7, 11) is 1.69. The Balaban J connectivity index is 2.01. The summed E-state index contributed by atoms with van der Waals surface area (Å²) in [6, 6.07) is 2.14. The first kappa shape index (κ1) is 16.1. The highest BCUT2D eigenvalue weighted by Crippen LogP contribution is 2.03. The molecular weight excluding hydrogens is 242 g/mol. The van der Waals surface area contributed by atoms with Gasteiger partial charge in [-0.2, -0.15) is 5.10 Å². The summed E-state index contributed by atoms with van der Waals surface area (Å²) in [5, 5.41) is 7.88. The van der Waals surface area contributed by atoms with Crippen LogP contribution in [-0.4, -0.2) is 43.3 Å². The zero-order valence-electron chi connectivity index (χ0n) is 12.4. The van der Waals surface area contributed by atoms with Crippen molar-refractivity contribution in [2.45, 2.75) is 39.8 Å². The molecule has 0 saturated carbocycles. The van der Waals surface area contributed by atoms with Crippen LogP contribution in [0.2, 0.25) is 0 Å². The van der Waals surface area contributed by atoms with E-state index in [1.54, 1.807) is 7.11 Å². The zero-order valence-corrected chi connectivity index (χ0v) is 12.4. The van der Waals surface area contributed by atoms with Crippen molar-refractivity contribution in [1.82, 2.24) is 15.1 Å². The Labute approximate surface area is 116 Å². The van der Waals surface area contributed by atoms with Crippen molar-refractivity contribution >= 4 is 0 Å². The van der Waals surface area contributed by atoms with Crippen LogP contribution in [0.25, 0.3) is 0 Å². The van der Waals surface area contributed by atoms with Crippen molar-refractivity contribution in [3.8, 4) is 0 Å². The van der Waals surface area contributed by atoms with E-state index >= 15 is 0 Å². The standard InChI is InChI=1S/C14H27N3O2/c1-4-17-14(11-13(2)16-17)12-15-7-5-6-8-19-10-9-18-3/h11,15H,4-10,12H2,1-3H3. The van der Waals surface area contributed by atoms with Crippen LogP contribution in [0, 0.1) is 6.92 Å². The summed E-state index contributed by atoms with van der Waals surface area (Å²) in [6.07, 6.45) is 2.22. The zero-order chi connectivity index (χ0) is 13.9. The Morgan fingerprint density at radius 2 is 2.11 bits per heavy atom. The highest BCUT2D eigenvalue weighted by atomic mass is 16.5. The van der Waals surface area contributed by atoms with Crippen LogP contribution in [-0.2, 0) is 22.6 Å². The molecule has 0 atom stereocenters. The van der Waals surface area contributed by atoms with Crippen LogP contribution in [0.15, 0.2) is 6.07 Å². The van der Waals surface area contributed by atoms with Gasteiger partial charge in [-0.1, -0.05) is 0 Å². The topological polar surface area (TPSA) is 48.3 Å². The minimum Gasteiger partial charge on any atom is -0.382 e. The third-order valence-corrected chi connectivity index (χ3v) is 2.92. The normalized spacial score (nSPS) is 11.1. The lowest BCUT2D eigenvalue weighted by molar-refractivity contribution is 0.0688. The van der Waals surface area contributed by atoms with Crippen LogP contribution in [0.4, 0.5) is 0 Å². The lowest BCUT2D eigenvalue weighted by Crippen LogP contribution is -2.18. The number of rotatable bonds is 11. The van der Waals surface area contributed by atoms with Crippen molar-refractivity contribution in [3.63, 3.8) is 0 Å². The van der Waals surface area contributed by atoms with Gasteiger partial charge < -0.3 is 14.8 Å². The average molecular weight is 269 g/mol. The monoisotopic (exact) mass is 269 g/mol. The van der Waals surface area contributed by atoms with Crippen LogP contribution < -0.4 is 5.32 Å². The van der Waals surface area contributed by atoms with Gasteiger partial charge in [0.2, 0.25) is 0 Å². The Kier molecular flexibility index (Phi) is 8.45. The first-order valence-electron chi connectivity index (χ1n) is 7.08. The molecule has 1 N–H and O–H groups in total. The molecule has 0 radical (unpaired) electrons. The maximum atomic E-state index is 5.41. The first-order chi connectivity index (χ1) is 9.27. The van der Waals surface area contributed by atoms with Gasteiger partial charge >= 0.3 is 0 Å². The van der Waals surface area contributed by atoms with Gasteiger partial charge in [0.05, 0.1) is 24.6 Å². The fourth-order valence-corrected chi connectivity index (χ4v) is 1.93. The highest BCUT2D eigenvalue weighted by molar-refractivity contribution is 5.08. The molecule has 0 saturated heterocycles. The predicted molar refractivity (Wildman–Crippen MR) is 76.3 cm³/mol. The second-order valence-corrected chi connectivity index (χ2v) is 4.58. The van der Waals surface area contributed by atoms with E-state index < -0.39 is 0 Å². The molecule has 19 heavy (non-hydrogen) atoms. The second kappa shape index (κ2) is 9.95. The fraction of sp³-hybridized carbons (Fsp3) is 0.786. The SMILES string of the molecule is CCn1nc(C)cc1CNCCCCOCCOC. The van der Waals surface area contributed by atoms with E-state index in [9.17, 15) is 0 Å². The largest absolute Gasteiger partial charge is 0.382 e. The molecule has 1 heterocycles. The number of nitrogens with one attached hydrogen (secondary N) is 1. The molecule has 0 aromatic carbocycles. The van der Waals surface area contributed by atoms with Crippen LogP contribution in [0.1, 0.15) is 31.2 Å². The first-order valence-corrected chi connectivity index (χ1v) is 7.08. The fourth-order valence-electron chi connectivity index (χ4n) is 1.93. The van der Waals surface area contributed by atoms with Gasteiger partial charge in [0.25, 0.3) is 0 Å². The molecule has 0 amide bonds. The molecule has 5 heteroatoms. The minimum atomic E-state index is 0.679. The van der Waals surface area contributed by atoms with E-state index in [1.165, 1.54) is 5.69 Å². The molecule has 0 bridgehead atoms. The summed E-state index contributed by atoms with van der Waals surface area (Å²) in [4.78, 5) is 0. The molecule has 0 aliphatic rings. The lowest BCUT2D eigenvalue weighted by Gasteiger charge is -2.07. The summed E-state index contributed by atoms with van der Waals surface area (Å²) in [6.45, 7) is 9.17. The van der Waals surface area contributed by atoms with Gasteiger partial charge in [-0.05, 0) is 39.3 Å². The van der Waals surface area contributed by atoms with Crippen molar-refractivity contribution in [2.24, 2.45) is 0 Å². The Morgan fingerprint density at radius 3 is 2.84 bits per heavy atom. The van der Waals surface area contributed by atoms with E-state index in [4.69, 9.17) is 9.47 Å². The number of unbranched alkanes of at least 4 members (excludes halogenated alkanes) is 1. The Bertz CT molecular complexity index is 339. The number of hydrogen-bond acceptors (Lipinski definition) is 4. The maximum Gasteiger partial charge on any atom is 0.0700 e. The smallest absolute Gasteiger partial charge is 0.0700 e. The molecule has 0 fully saturated rings. The molecule has 1 aromatic heterocycles. The molecule has 0 aliphatic heterocycles. The van der Waals surface area contributed by atoms with Gasteiger partial charge in [-0.15, -0.1) is 0 Å². The third kappa shape index (κ3) is 6.71. The van der Waals surface area contributed by atoms with E-state index in [-0.39, 0.29) is 0 Å². The quantitative estimate of drug-likeness (QED) is 0.622. The molecular formula is C14H27N3O2. The van der Waals surface area contributed by atoms with E-state index in [0.29, 0.717) is 13.2 Å². The Morgan fingerprint density at radius 1 is 1.26 bits per heavy atom. The van der Waals surface area contributed by atoms with Gasteiger partial charge in [0.15, 0.2) is 0 Å². The number of aromatic nitrogens is 2. The molecule has 0 spiro atoms. The molecule has 0 aliphatic carbocycles. The van der Waals surface area contributed by atoms with Crippen LogP contribution in [0.3, 0.4) is 0 Å². The molecule has 1 rings (SSSR count). The number of nitrogens with zero attached hydrogens (tertiary/aromatic N) is 2. The Hall–Kier alpha value is -0.910. The van der Waals surface area contributed by atoms with Crippen molar-refractivity contribution in [1.29, 1.82) is 0 Å². The van der Waals surface area contributed by atoms with E-state index in [2.05, 4.69) is 28.1 Å². The van der Waals surface area contributed by atoms with Crippen molar-refractivity contribution < 1.29 is 9.47 Å². The van der Waals surface area contributed by atoms with Gasteiger partial charge in [0, 0.05) is 26.8 Å². The number of ether oxygens (including phenoxy) is 2. The number of hydrogen-bond donors (Lipinski definition) is 1. The summed E-state index contributed by atoms with van der Waals surface area (Å²) in [5.41, 5.74) is 2.35. The lowest BCUT2D eigenvalue weighted by atomic mass is 10.3. The average Bonchev–Trinajstić information content (AvgIpc) is 2.77. The van der Waals surface area contributed by atoms with Crippen LogP contribution >= 0.6 is 0 Å². The van der Waals surface area contributed by atoms with E-state index in [0.717, 1.165) is 44.8 Å². The highest BCUT2D eigenvalue weighted by Gasteiger charge is 2.02. The maximum absolute atomic E-state index is 5.41. The van der Waals surface area contributed by atoms with E-state index in [1.807, 2.05) is 6.92 Å². The minimum absolute atomic E-state index is 0.679. The van der Waals surface area contributed by atoms with Crippen LogP contribution in [0.5, 0.6) is 0 Å². The summed E-state index contributed by atoms with van der Waals surface area (Å²) in [5.74, 6) is 0. The van der Waals surface area contributed by atoms with Crippen molar-refractivity contribution in [2.75, 3.05) is 33.5 Å². The summed E-state index contributed by atoms with van der Waals surface area (Å²) >= 11 is 0. The molecule has 1 aromatic rings. The summed E-state index contributed by atoms with van der Waals surface area (Å²) < 4.78 is 12.4. The van der Waals surface area contributed by atoms with Gasteiger partial charge in [-0.3, -0.25) is 4.68 Å². The van der Waals surface area contributed by atoms with Crippen molar-refractivity contribution in [3.05, 3.63) is 17.5 Å². The number of aryl methyl sites for hydroxylation is 2. The second-order valence-electron chi connectivity index (χ2n) is 4.58. The predicted octanol–water partition coefficient (Wildman–Crippen LogP) is 1.74.